The summed E-state index contributed by atoms with van der Waals surface area (Å²) in [5.74, 6) is -1.52. The largest absolute Gasteiger partial charge is 0.511 e. The van der Waals surface area contributed by atoms with Gasteiger partial charge in [-0.2, -0.15) is 13.2 Å². The average molecular weight is 498 g/mol. The van der Waals surface area contributed by atoms with Gasteiger partial charge < -0.3 is 23.8 Å². The number of carbonyl (C=O) groups is 2. The number of rotatable bonds is 8. The van der Waals surface area contributed by atoms with Crippen LogP contribution in [0, 0.1) is 17.0 Å². The van der Waals surface area contributed by atoms with E-state index in [0.29, 0.717) is 5.56 Å². The topological polar surface area (TPSA) is 123 Å². The Labute approximate surface area is 190 Å². The molecular formula is C19H19ClF3NO9. The van der Waals surface area contributed by atoms with Crippen molar-refractivity contribution in [1.29, 1.82) is 0 Å². The van der Waals surface area contributed by atoms with E-state index in [2.05, 4.69) is 9.57 Å². The van der Waals surface area contributed by atoms with Crippen molar-refractivity contribution in [2.75, 3.05) is 6.61 Å². The summed E-state index contributed by atoms with van der Waals surface area (Å²) in [6.07, 6.45) is -10.4. The second-order valence-electron chi connectivity index (χ2n) is 6.89. The molecule has 10 nitrogen and oxygen atoms in total. The van der Waals surface area contributed by atoms with E-state index in [-0.39, 0.29) is 29.4 Å². The highest BCUT2D eigenvalue weighted by Crippen LogP contribution is 2.40. The SMILES string of the molecule is Cc1cc(Cl)cc2c1O[C@H](C(F)(F)F)C(C(=O)OC(C)OC(=O)OC(C)CCO[N+](=O)[O-])=C2. The van der Waals surface area contributed by atoms with Crippen molar-refractivity contribution in [1.82, 2.24) is 0 Å². The Bertz CT molecular complexity index is 951. The number of hydrogen-bond acceptors (Lipinski definition) is 9. The maximum Gasteiger partial charge on any atom is 0.511 e. The molecule has 0 saturated carbocycles. The molecule has 1 heterocycles. The van der Waals surface area contributed by atoms with Crippen LogP contribution < -0.4 is 4.74 Å². The first-order chi connectivity index (χ1) is 15.3. The van der Waals surface area contributed by atoms with Gasteiger partial charge in [0, 0.05) is 23.9 Å². The molecule has 2 rings (SSSR count). The zero-order valence-corrected chi connectivity index (χ0v) is 18.3. The minimum absolute atomic E-state index is 0.0386. The van der Waals surface area contributed by atoms with Crippen molar-refractivity contribution >= 4 is 29.8 Å². The van der Waals surface area contributed by atoms with Crippen LogP contribution in [0.15, 0.2) is 17.7 Å². The van der Waals surface area contributed by atoms with Gasteiger partial charge in [0.15, 0.2) is 0 Å². The van der Waals surface area contributed by atoms with E-state index in [1.165, 1.54) is 26.0 Å². The Morgan fingerprint density at radius 2 is 1.91 bits per heavy atom. The zero-order valence-electron chi connectivity index (χ0n) is 17.5. The van der Waals surface area contributed by atoms with Gasteiger partial charge in [-0.25, -0.2) is 9.59 Å². The Morgan fingerprint density at radius 3 is 2.52 bits per heavy atom. The summed E-state index contributed by atoms with van der Waals surface area (Å²) in [6, 6.07) is 2.74. The summed E-state index contributed by atoms with van der Waals surface area (Å²) < 4.78 is 59.9. The van der Waals surface area contributed by atoms with Crippen LogP contribution in [0.3, 0.4) is 0 Å². The van der Waals surface area contributed by atoms with E-state index < -0.39 is 47.5 Å². The highest BCUT2D eigenvalue weighted by molar-refractivity contribution is 6.30. The van der Waals surface area contributed by atoms with E-state index in [1.54, 1.807) is 0 Å². The molecule has 2 unspecified atom stereocenters. The first kappa shape index (κ1) is 26.0. The van der Waals surface area contributed by atoms with E-state index in [1.807, 2.05) is 0 Å². The summed E-state index contributed by atoms with van der Waals surface area (Å²) in [5, 5.41) is 9.29. The number of alkyl halides is 3. The van der Waals surface area contributed by atoms with Gasteiger partial charge in [0.25, 0.3) is 5.09 Å². The Morgan fingerprint density at radius 1 is 1.24 bits per heavy atom. The second kappa shape index (κ2) is 10.6. The lowest BCUT2D eigenvalue weighted by Gasteiger charge is -2.29. The minimum atomic E-state index is -4.95. The minimum Gasteiger partial charge on any atom is -0.475 e. The number of esters is 1. The third-order valence-electron chi connectivity index (χ3n) is 4.18. The smallest absolute Gasteiger partial charge is 0.475 e. The Balaban J connectivity index is 2.06. The third-order valence-corrected chi connectivity index (χ3v) is 4.40. The zero-order chi connectivity index (χ0) is 24.9. The second-order valence-corrected chi connectivity index (χ2v) is 7.33. The number of fused-ring (bicyclic) bond motifs is 1. The van der Waals surface area contributed by atoms with Crippen LogP contribution in [0.5, 0.6) is 5.75 Å². The monoisotopic (exact) mass is 497 g/mol. The van der Waals surface area contributed by atoms with Gasteiger partial charge in [0.2, 0.25) is 12.4 Å². The average Bonchev–Trinajstić information content (AvgIpc) is 2.65. The number of aryl methyl sites for hydroxylation is 1. The van der Waals surface area contributed by atoms with E-state index in [0.717, 1.165) is 13.0 Å². The van der Waals surface area contributed by atoms with Gasteiger partial charge in [0.05, 0.1) is 12.2 Å². The van der Waals surface area contributed by atoms with Crippen molar-refractivity contribution in [2.24, 2.45) is 0 Å². The van der Waals surface area contributed by atoms with Gasteiger partial charge in [-0.1, -0.05) is 11.6 Å². The number of hydrogen-bond donors (Lipinski definition) is 0. The van der Waals surface area contributed by atoms with Gasteiger partial charge in [-0.05, 0) is 37.6 Å². The quantitative estimate of drug-likeness (QED) is 0.222. The Kier molecular flexibility index (Phi) is 8.36. The number of ether oxygens (including phenoxy) is 4. The van der Waals surface area contributed by atoms with Gasteiger partial charge in [-0.15, -0.1) is 10.1 Å². The van der Waals surface area contributed by atoms with Crippen LogP contribution in [-0.2, 0) is 23.8 Å². The predicted molar refractivity (Wildman–Crippen MR) is 105 cm³/mol. The highest BCUT2D eigenvalue weighted by Gasteiger charge is 2.49. The van der Waals surface area contributed by atoms with Gasteiger partial charge in [0.1, 0.15) is 11.9 Å². The Hall–Kier alpha value is -3.22. The molecule has 1 aromatic carbocycles. The van der Waals surface area contributed by atoms with Crippen molar-refractivity contribution < 1.29 is 51.6 Å². The number of nitrogens with zero attached hydrogens (tertiary/aromatic N) is 1. The molecule has 0 aromatic heterocycles. The number of halogens is 4. The van der Waals surface area contributed by atoms with Crippen LogP contribution in [0.25, 0.3) is 6.08 Å². The number of benzene rings is 1. The lowest BCUT2D eigenvalue weighted by atomic mass is 9.99. The fourth-order valence-corrected chi connectivity index (χ4v) is 3.06. The molecule has 0 spiro atoms. The fourth-order valence-electron chi connectivity index (χ4n) is 2.78. The molecule has 0 saturated heterocycles. The van der Waals surface area contributed by atoms with Crippen LogP contribution >= 0.6 is 11.6 Å². The molecule has 0 radical (unpaired) electrons. The molecule has 0 fully saturated rings. The first-order valence-electron chi connectivity index (χ1n) is 9.38. The van der Waals surface area contributed by atoms with E-state index in [9.17, 15) is 32.9 Å². The predicted octanol–water partition coefficient (Wildman–Crippen LogP) is 4.38. The lowest BCUT2D eigenvalue weighted by Crippen LogP contribution is -2.41. The molecule has 14 heteroatoms. The molecule has 0 amide bonds. The highest BCUT2D eigenvalue weighted by atomic mass is 35.5. The summed E-state index contributed by atoms with van der Waals surface area (Å²) in [6.45, 7) is 3.64. The van der Waals surface area contributed by atoms with E-state index >= 15 is 0 Å². The molecule has 0 bridgehead atoms. The third kappa shape index (κ3) is 7.41. The van der Waals surface area contributed by atoms with Crippen molar-refractivity contribution in [3.05, 3.63) is 44.0 Å². The summed E-state index contributed by atoms with van der Waals surface area (Å²) in [7, 11) is 0. The molecule has 1 aromatic rings. The van der Waals surface area contributed by atoms with Crippen LogP contribution in [0.2, 0.25) is 5.02 Å². The fraction of sp³-hybridized carbons (Fsp3) is 0.474. The van der Waals surface area contributed by atoms with Crippen molar-refractivity contribution in [3.63, 3.8) is 0 Å². The molecular weight excluding hydrogens is 479 g/mol. The first-order valence-corrected chi connectivity index (χ1v) is 9.76. The van der Waals surface area contributed by atoms with Crippen LogP contribution in [0.1, 0.15) is 31.4 Å². The molecule has 3 atom stereocenters. The number of carbonyl (C=O) groups excluding carboxylic acids is 2. The van der Waals surface area contributed by atoms with Crippen LogP contribution in [0.4, 0.5) is 18.0 Å². The summed E-state index contributed by atoms with van der Waals surface area (Å²) in [4.78, 5) is 38.3. The van der Waals surface area contributed by atoms with Crippen molar-refractivity contribution in [3.8, 4) is 5.75 Å². The molecule has 182 valence electrons. The molecule has 0 N–H and O–H groups in total. The summed E-state index contributed by atoms with van der Waals surface area (Å²) >= 11 is 5.93. The maximum absolute atomic E-state index is 13.5. The molecule has 33 heavy (non-hydrogen) atoms. The molecule has 1 aliphatic rings. The summed E-state index contributed by atoms with van der Waals surface area (Å²) in [5.41, 5.74) is -0.385. The normalized spacial score (nSPS) is 16.9. The van der Waals surface area contributed by atoms with Gasteiger partial charge >= 0.3 is 18.3 Å². The standard InChI is InChI=1S/C19H19ClF3NO9/c1-9-6-13(20)7-12-8-14(16(19(21,22)23)33-15(9)12)17(25)31-11(3)32-18(26)30-10(2)4-5-29-24(27)28/h6-8,10-11,16H,4-5H2,1-3H3/t10?,11?,16-/m0/s1. The molecule has 1 aliphatic heterocycles. The van der Waals surface area contributed by atoms with Gasteiger partial charge in [-0.3, -0.25) is 0 Å². The van der Waals surface area contributed by atoms with Crippen LogP contribution in [-0.4, -0.2) is 48.5 Å². The van der Waals surface area contributed by atoms with E-state index in [4.69, 9.17) is 25.8 Å². The molecule has 0 aliphatic carbocycles. The lowest BCUT2D eigenvalue weighted by molar-refractivity contribution is -0.758. The van der Waals surface area contributed by atoms with Crippen molar-refractivity contribution in [2.45, 2.75) is 51.9 Å². The maximum atomic E-state index is 13.5.